The molecule has 2 aromatic carbocycles. The van der Waals surface area contributed by atoms with E-state index >= 15 is 0 Å². The van der Waals surface area contributed by atoms with Crippen molar-refractivity contribution in [2.75, 3.05) is 25.4 Å². The molecule has 4 aromatic rings. The quantitative estimate of drug-likeness (QED) is 0.356. The molecular weight excluding hydrogens is 532 g/mol. The minimum Gasteiger partial charge on any atom is -0.383 e. The van der Waals surface area contributed by atoms with Crippen molar-refractivity contribution in [1.29, 1.82) is 0 Å². The molecule has 3 heterocycles. The Hall–Kier alpha value is -2.83. The van der Waals surface area contributed by atoms with Crippen LogP contribution in [-0.4, -0.2) is 65.2 Å². The molecule has 0 bridgehead atoms. The molecule has 0 aliphatic carbocycles. The summed E-state index contributed by atoms with van der Waals surface area (Å²) in [6.45, 7) is 4.78. The Morgan fingerprint density at radius 3 is 2.78 bits per heavy atom. The summed E-state index contributed by atoms with van der Waals surface area (Å²) in [6.07, 6.45) is 1.41. The van der Waals surface area contributed by atoms with E-state index in [0.717, 1.165) is 32.4 Å². The van der Waals surface area contributed by atoms with Crippen LogP contribution in [0.5, 0.6) is 0 Å². The van der Waals surface area contributed by atoms with Crippen molar-refractivity contribution in [2.24, 2.45) is 0 Å². The van der Waals surface area contributed by atoms with Crippen LogP contribution in [-0.2, 0) is 21.4 Å². The summed E-state index contributed by atoms with van der Waals surface area (Å²) in [5, 5.41) is 5.46. The van der Waals surface area contributed by atoms with E-state index in [2.05, 4.69) is 15.3 Å². The van der Waals surface area contributed by atoms with Gasteiger partial charge in [0.1, 0.15) is 16.4 Å². The maximum Gasteiger partial charge on any atom is 0.253 e. The number of nitrogen functional groups attached to an aromatic ring is 1. The summed E-state index contributed by atoms with van der Waals surface area (Å²) in [4.78, 5) is 23.5. The van der Waals surface area contributed by atoms with E-state index in [0.29, 0.717) is 29.4 Å². The van der Waals surface area contributed by atoms with Gasteiger partial charge in [0, 0.05) is 40.8 Å². The zero-order valence-corrected chi connectivity index (χ0v) is 22.8. The number of sulfonamides is 1. The van der Waals surface area contributed by atoms with Gasteiger partial charge in [-0.3, -0.25) is 4.79 Å². The molecule has 0 spiro atoms. The maximum atomic E-state index is 13.6. The second kappa shape index (κ2) is 10.1. The first-order chi connectivity index (χ1) is 17.6. The smallest absolute Gasteiger partial charge is 0.253 e. The lowest BCUT2D eigenvalue weighted by Crippen LogP contribution is -2.60. The van der Waals surface area contributed by atoms with E-state index in [-0.39, 0.29) is 35.3 Å². The third-order valence-corrected chi connectivity index (χ3v) is 9.98. The summed E-state index contributed by atoms with van der Waals surface area (Å²) in [5.74, 6) is 0.144. The molecule has 0 saturated carbocycles. The van der Waals surface area contributed by atoms with Crippen LogP contribution in [0, 0.1) is 0 Å². The number of carbonyl (C=O) groups is 1. The predicted octanol–water partition coefficient (Wildman–Crippen LogP) is 3.48. The number of piperazine rings is 1. The third kappa shape index (κ3) is 5.27. The third-order valence-electron chi connectivity index (χ3n) is 6.39. The molecule has 194 valence electrons. The van der Waals surface area contributed by atoms with Crippen molar-refractivity contribution in [2.45, 2.75) is 36.7 Å². The Morgan fingerprint density at radius 1 is 1.19 bits per heavy atom. The number of thiophene rings is 1. The number of fused-ring (bicyclic) bond motifs is 2. The predicted molar refractivity (Wildman–Crippen MR) is 147 cm³/mol. The molecule has 1 amide bonds. The van der Waals surface area contributed by atoms with Gasteiger partial charge >= 0.3 is 0 Å². The van der Waals surface area contributed by atoms with Gasteiger partial charge in [0.05, 0.1) is 18.1 Å². The van der Waals surface area contributed by atoms with Crippen LogP contribution in [0.2, 0.25) is 5.02 Å². The molecule has 2 aromatic heterocycles. The largest absolute Gasteiger partial charge is 0.383 e. The molecule has 9 nitrogen and oxygen atoms in total. The molecule has 0 radical (unpaired) electrons. The number of hydrogen-bond acceptors (Lipinski definition) is 8. The Morgan fingerprint density at radius 2 is 2.00 bits per heavy atom. The number of rotatable bonds is 7. The number of anilines is 1. The Kier molecular flexibility index (Phi) is 7.08. The zero-order valence-electron chi connectivity index (χ0n) is 20.4. The molecule has 37 heavy (non-hydrogen) atoms. The summed E-state index contributed by atoms with van der Waals surface area (Å²) in [7, 11) is -3.87. The van der Waals surface area contributed by atoms with Crippen LogP contribution in [0.3, 0.4) is 0 Å². The van der Waals surface area contributed by atoms with Crippen LogP contribution in [0.15, 0.2) is 53.0 Å². The van der Waals surface area contributed by atoms with Gasteiger partial charge in [0.25, 0.3) is 10.0 Å². The van der Waals surface area contributed by atoms with Crippen molar-refractivity contribution >= 4 is 65.7 Å². The van der Waals surface area contributed by atoms with E-state index in [4.69, 9.17) is 17.3 Å². The lowest BCUT2D eigenvalue weighted by molar-refractivity contribution is -0.138. The second-order valence-electron chi connectivity index (χ2n) is 9.39. The highest BCUT2D eigenvalue weighted by Gasteiger charge is 2.39. The topological polar surface area (TPSA) is 122 Å². The number of benzene rings is 2. The highest BCUT2D eigenvalue weighted by molar-refractivity contribution is 7.91. The zero-order chi connectivity index (χ0) is 26.3. The number of nitrogens with two attached hydrogens (primary N) is 1. The lowest BCUT2D eigenvalue weighted by Gasteiger charge is -2.40. The fourth-order valence-electron chi connectivity index (χ4n) is 4.44. The monoisotopic (exact) mass is 558 g/mol. The van der Waals surface area contributed by atoms with Crippen molar-refractivity contribution < 1.29 is 13.2 Å². The van der Waals surface area contributed by atoms with Crippen LogP contribution in [0.25, 0.3) is 21.0 Å². The van der Waals surface area contributed by atoms with Gasteiger partial charge in [-0.1, -0.05) is 37.6 Å². The number of carbonyl (C=O) groups excluding carboxylic acids is 1. The molecule has 12 heteroatoms. The Bertz CT molecular complexity index is 1590. The average molecular weight is 559 g/mol. The van der Waals surface area contributed by atoms with Gasteiger partial charge < -0.3 is 16.0 Å². The molecule has 1 saturated heterocycles. The van der Waals surface area contributed by atoms with E-state index in [1.54, 1.807) is 29.2 Å². The molecule has 1 atom stereocenters. The Balaban J connectivity index is 1.42. The first-order valence-electron chi connectivity index (χ1n) is 11.8. The SMILES string of the molecule is CC(C)NC[C@H]1CN(S(=O)(=O)c2cc3ccc(Cl)cc3s2)CC(=O)N1Cc1ccc2c(N)ncnc2c1. The number of amides is 1. The van der Waals surface area contributed by atoms with Crippen LogP contribution in [0.4, 0.5) is 5.82 Å². The number of hydrogen-bond donors (Lipinski definition) is 2. The standard InChI is InChI=1S/C25H27ClN6O3S2/c1-15(2)28-10-19-12-31(37(34,35)24-8-17-4-5-18(26)9-22(17)36-24)13-23(33)32(19)11-16-3-6-20-21(7-16)29-14-30-25(20)27/h3-9,14-15,19,28H,10-13H2,1-2H3,(H2,27,29,30)/t19-/m0/s1. The number of aromatic nitrogens is 2. The highest BCUT2D eigenvalue weighted by Crippen LogP contribution is 2.33. The lowest BCUT2D eigenvalue weighted by atomic mass is 10.1. The first-order valence-corrected chi connectivity index (χ1v) is 14.5. The molecule has 1 aliphatic heterocycles. The normalized spacial score (nSPS) is 17.4. The molecule has 0 unspecified atom stereocenters. The molecule has 1 fully saturated rings. The van der Waals surface area contributed by atoms with Crippen LogP contribution >= 0.6 is 22.9 Å². The molecule has 1 aliphatic rings. The van der Waals surface area contributed by atoms with Gasteiger partial charge in [-0.15, -0.1) is 11.3 Å². The molecule has 5 rings (SSSR count). The van der Waals surface area contributed by atoms with E-state index < -0.39 is 10.0 Å². The van der Waals surface area contributed by atoms with Crippen molar-refractivity contribution in [3.05, 3.63) is 59.4 Å². The van der Waals surface area contributed by atoms with E-state index in [9.17, 15) is 13.2 Å². The number of nitrogens with one attached hydrogen (secondary N) is 1. The summed E-state index contributed by atoms with van der Waals surface area (Å²) >= 11 is 7.25. The molecular formula is C25H27ClN6O3S2. The van der Waals surface area contributed by atoms with Gasteiger partial charge in [-0.2, -0.15) is 4.31 Å². The van der Waals surface area contributed by atoms with Gasteiger partial charge in [0.2, 0.25) is 5.91 Å². The minimum absolute atomic E-state index is 0.177. The van der Waals surface area contributed by atoms with Gasteiger partial charge in [0.15, 0.2) is 0 Å². The molecule has 3 N–H and O–H groups in total. The number of halogens is 1. The van der Waals surface area contributed by atoms with Crippen LogP contribution < -0.4 is 11.1 Å². The first kappa shape index (κ1) is 25.8. The van der Waals surface area contributed by atoms with Crippen molar-refractivity contribution in [3.8, 4) is 0 Å². The van der Waals surface area contributed by atoms with E-state index in [1.807, 2.05) is 32.0 Å². The second-order valence-corrected chi connectivity index (χ2v) is 13.1. The maximum absolute atomic E-state index is 13.6. The summed E-state index contributed by atoms with van der Waals surface area (Å²) in [6, 6.07) is 12.4. The fourth-order valence-corrected chi connectivity index (χ4v) is 7.70. The van der Waals surface area contributed by atoms with E-state index in [1.165, 1.54) is 10.6 Å². The van der Waals surface area contributed by atoms with Crippen molar-refractivity contribution in [1.82, 2.24) is 24.5 Å². The van der Waals surface area contributed by atoms with Gasteiger partial charge in [-0.25, -0.2) is 18.4 Å². The van der Waals surface area contributed by atoms with Crippen molar-refractivity contribution in [3.63, 3.8) is 0 Å². The highest BCUT2D eigenvalue weighted by atomic mass is 35.5. The minimum atomic E-state index is -3.87. The summed E-state index contributed by atoms with van der Waals surface area (Å²) < 4.78 is 29.5. The Labute approximate surface area is 224 Å². The summed E-state index contributed by atoms with van der Waals surface area (Å²) in [5.41, 5.74) is 7.52. The number of nitrogens with zero attached hydrogens (tertiary/aromatic N) is 4. The fraction of sp³-hybridized carbons (Fsp3) is 0.320. The van der Waals surface area contributed by atoms with Gasteiger partial charge in [-0.05, 0) is 41.3 Å². The average Bonchev–Trinajstić information content (AvgIpc) is 3.28. The van der Waals surface area contributed by atoms with Crippen LogP contribution in [0.1, 0.15) is 19.4 Å².